The molecule has 0 aromatic carbocycles. The second-order valence-corrected chi connectivity index (χ2v) is 3.24. The average molecular weight is 267 g/mol. The Morgan fingerprint density at radius 1 is 1.62 bits per heavy atom. The van der Waals surface area contributed by atoms with Gasteiger partial charge in [-0.15, -0.1) is 0 Å². The Hall–Kier alpha value is -1.47. The van der Waals surface area contributed by atoms with Gasteiger partial charge < -0.3 is 4.74 Å². The fourth-order valence-corrected chi connectivity index (χ4v) is 1.42. The average Bonchev–Trinajstić information content (AvgIpc) is 2.15. The Morgan fingerprint density at radius 2 is 2.25 bits per heavy atom. The van der Waals surface area contributed by atoms with E-state index in [-0.39, 0.29) is 11.9 Å². The van der Waals surface area contributed by atoms with E-state index < -0.39 is 27.4 Å². The van der Waals surface area contributed by atoms with Crippen LogP contribution in [0.15, 0.2) is 0 Å². The van der Waals surface area contributed by atoms with Crippen LogP contribution in [0.3, 0.4) is 0 Å². The molecule has 16 heavy (non-hydrogen) atoms. The lowest BCUT2D eigenvalue weighted by Gasteiger charge is -1.99. The van der Waals surface area contributed by atoms with Crippen molar-refractivity contribution in [2.24, 2.45) is 0 Å². The summed E-state index contributed by atoms with van der Waals surface area (Å²) in [5.74, 6) is -0.916. The predicted octanol–water partition coefficient (Wildman–Crippen LogP) is 1.29. The van der Waals surface area contributed by atoms with Crippen LogP contribution >= 0.6 is 23.2 Å². The third-order valence-corrected chi connectivity index (χ3v) is 1.96. The number of hydrogen-bond acceptors (Lipinski definition) is 5. The maximum absolute atomic E-state index is 11.4. The molecule has 7 nitrogen and oxygen atoms in total. The van der Waals surface area contributed by atoms with Gasteiger partial charge in [0.2, 0.25) is 0 Å². The zero-order chi connectivity index (χ0) is 12.3. The van der Waals surface area contributed by atoms with Gasteiger partial charge in [0.25, 0.3) is 5.69 Å². The molecule has 0 radical (unpaired) electrons. The van der Waals surface area contributed by atoms with Crippen LogP contribution in [-0.2, 0) is 4.74 Å². The van der Waals surface area contributed by atoms with Crippen LogP contribution in [0.25, 0.3) is 0 Å². The zero-order valence-electron chi connectivity index (χ0n) is 7.99. The van der Waals surface area contributed by atoms with Crippen molar-refractivity contribution in [1.82, 2.24) is 4.98 Å². The molecule has 0 saturated carbocycles. The first-order chi connectivity index (χ1) is 7.47. The molecule has 0 unspecified atom stereocenters. The summed E-state index contributed by atoms with van der Waals surface area (Å²) >= 11 is 11.0. The Labute approximate surface area is 99.5 Å². The van der Waals surface area contributed by atoms with E-state index in [0.29, 0.717) is 0 Å². The molecule has 1 rings (SSSR count). The minimum absolute atomic E-state index is 0.0708. The van der Waals surface area contributed by atoms with E-state index in [2.05, 4.69) is 14.7 Å². The number of aromatic nitrogens is 2. The zero-order valence-corrected chi connectivity index (χ0v) is 9.50. The summed E-state index contributed by atoms with van der Waals surface area (Å²) in [5.41, 5.74) is -1.10. The molecule has 86 valence electrons. The first-order valence-corrected chi connectivity index (χ1v) is 4.82. The van der Waals surface area contributed by atoms with Gasteiger partial charge in [-0.3, -0.25) is 10.1 Å². The molecule has 9 heteroatoms. The Kier molecular flexibility index (Phi) is 3.97. The molecule has 0 saturated heterocycles. The number of nitrogens with zero attached hydrogens (tertiary/aromatic N) is 2. The highest BCUT2D eigenvalue weighted by Crippen LogP contribution is 2.24. The number of carbonyl (C=O) groups is 1. The van der Waals surface area contributed by atoms with Gasteiger partial charge in [-0.25, -0.2) is 9.78 Å². The van der Waals surface area contributed by atoms with Crippen molar-refractivity contribution >= 4 is 34.9 Å². The van der Waals surface area contributed by atoms with Crippen LogP contribution in [0.1, 0.15) is 17.4 Å². The van der Waals surface area contributed by atoms with Crippen molar-refractivity contribution in [1.29, 1.82) is 0 Å². The molecular formula is C7H6Cl2N3O4+. The van der Waals surface area contributed by atoms with Gasteiger partial charge in [0.15, 0.2) is 0 Å². The van der Waals surface area contributed by atoms with Crippen molar-refractivity contribution < 1.29 is 19.4 Å². The molecule has 1 aromatic rings. The van der Waals surface area contributed by atoms with Crippen LogP contribution in [0.4, 0.5) is 5.69 Å². The van der Waals surface area contributed by atoms with Crippen molar-refractivity contribution in [3.63, 3.8) is 0 Å². The van der Waals surface area contributed by atoms with E-state index in [1.54, 1.807) is 6.92 Å². The lowest BCUT2D eigenvalue weighted by atomic mass is 10.3. The van der Waals surface area contributed by atoms with Gasteiger partial charge in [0.1, 0.15) is 0 Å². The second kappa shape index (κ2) is 5.04. The highest BCUT2D eigenvalue weighted by Gasteiger charge is 2.34. The summed E-state index contributed by atoms with van der Waals surface area (Å²) in [6.07, 6.45) is 0. The quantitative estimate of drug-likeness (QED) is 0.270. The molecule has 0 atom stereocenters. The summed E-state index contributed by atoms with van der Waals surface area (Å²) in [6.45, 7) is 1.63. The van der Waals surface area contributed by atoms with Crippen LogP contribution in [0.2, 0.25) is 10.4 Å². The fraction of sp³-hybridized carbons (Fsp3) is 0.286. The summed E-state index contributed by atoms with van der Waals surface area (Å²) in [5, 5.41) is 9.96. The summed E-state index contributed by atoms with van der Waals surface area (Å²) in [7, 11) is 0. The molecule has 0 spiro atoms. The van der Waals surface area contributed by atoms with E-state index in [4.69, 9.17) is 23.2 Å². The molecule has 0 aliphatic carbocycles. The second-order valence-electron chi connectivity index (χ2n) is 2.52. The highest BCUT2D eigenvalue weighted by atomic mass is 35.5. The molecule has 1 heterocycles. The van der Waals surface area contributed by atoms with Gasteiger partial charge in [-0.05, 0) is 23.5 Å². The van der Waals surface area contributed by atoms with Gasteiger partial charge in [0, 0.05) is 11.6 Å². The van der Waals surface area contributed by atoms with E-state index in [1.165, 1.54) is 0 Å². The van der Waals surface area contributed by atoms with Gasteiger partial charge in [-0.1, -0.05) is 0 Å². The normalized spacial score (nSPS) is 9.94. The maximum Gasteiger partial charge on any atom is 0.396 e. The van der Waals surface area contributed by atoms with E-state index in [9.17, 15) is 14.9 Å². The number of H-pyrrole nitrogens is 1. The van der Waals surface area contributed by atoms with Crippen molar-refractivity contribution in [3.05, 3.63) is 26.2 Å². The number of nitro groups is 1. The molecular weight excluding hydrogens is 261 g/mol. The highest BCUT2D eigenvalue weighted by molar-refractivity contribution is 6.33. The van der Waals surface area contributed by atoms with E-state index in [1.807, 2.05) is 0 Å². The van der Waals surface area contributed by atoms with Crippen molar-refractivity contribution in [2.75, 3.05) is 6.61 Å². The van der Waals surface area contributed by atoms with Gasteiger partial charge in [-0.2, -0.15) is 0 Å². The predicted molar refractivity (Wildman–Crippen MR) is 53.4 cm³/mol. The molecule has 1 aromatic heterocycles. The summed E-state index contributed by atoms with van der Waals surface area (Å²) in [4.78, 5) is 26.9. The van der Waals surface area contributed by atoms with Crippen LogP contribution < -0.4 is 4.98 Å². The topological polar surface area (TPSA) is 96.5 Å². The minimum Gasteiger partial charge on any atom is -0.460 e. The van der Waals surface area contributed by atoms with Gasteiger partial charge >= 0.3 is 22.1 Å². The standard InChI is InChI=1S/C7H5Cl2N3O4/c1-2-16-6(13)3-4(12(14)15)5(8)11-7(9)10-3/h2H2,1H3/p+1. The van der Waals surface area contributed by atoms with Crippen LogP contribution in [-0.4, -0.2) is 22.5 Å². The smallest absolute Gasteiger partial charge is 0.396 e. The monoisotopic (exact) mass is 266 g/mol. The van der Waals surface area contributed by atoms with Crippen molar-refractivity contribution in [2.45, 2.75) is 6.92 Å². The molecule has 0 aliphatic rings. The Bertz CT molecular complexity index is 452. The Balaban J connectivity index is 3.35. The maximum atomic E-state index is 11.4. The fourth-order valence-electron chi connectivity index (χ4n) is 0.950. The lowest BCUT2D eigenvalue weighted by molar-refractivity contribution is -0.425. The number of carbonyl (C=O) groups excluding carboxylic acids is 1. The number of rotatable bonds is 3. The SMILES string of the molecule is CCOC(=O)c1[nH+]c(Cl)nc(Cl)c1[N+](=O)[O-]. The number of esters is 1. The van der Waals surface area contributed by atoms with E-state index >= 15 is 0 Å². The number of ether oxygens (including phenoxy) is 1. The largest absolute Gasteiger partial charge is 0.460 e. The summed E-state index contributed by atoms with van der Waals surface area (Å²) in [6, 6.07) is 0. The van der Waals surface area contributed by atoms with Gasteiger partial charge in [0.05, 0.1) is 11.5 Å². The van der Waals surface area contributed by atoms with Crippen LogP contribution in [0, 0.1) is 10.1 Å². The summed E-state index contributed by atoms with van der Waals surface area (Å²) < 4.78 is 4.61. The molecule has 1 N–H and O–H groups in total. The van der Waals surface area contributed by atoms with E-state index in [0.717, 1.165) is 0 Å². The molecule has 0 bridgehead atoms. The molecule has 0 amide bonds. The first-order valence-electron chi connectivity index (χ1n) is 4.07. The Morgan fingerprint density at radius 3 is 2.75 bits per heavy atom. The minimum atomic E-state index is -0.916. The number of aromatic amines is 1. The van der Waals surface area contributed by atoms with Crippen molar-refractivity contribution in [3.8, 4) is 0 Å². The number of hydrogen-bond donors (Lipinski definition) is 0. The lowest BCUT2D eigenvalue weighted by Crippen LogP contribution is -2.23. The van der Waals surface area contributed by atoms with Crippen LogP contribution in [0.5, 0.6) is 0 Å². The molecule has 0 fully saturated rings. The third kappa shape index (κ3) is 2.56. The third-order valence-electron chi connectivity index (χ3n) is 1.52. The number of nitrogens with one attached hydrogen (secondary N) is 1. The molecule has 0 aliphatic heterocycles. The number of halogens is 2. The first kappa shape index (κ1) is 12.6.